The van der Waals surface area contributed by atoms with Crippen molar-refractivity contribution in [2.45, 2.75) is 62.4 Å². The monoisotopic (exact) mass is 405 g/mol. The second-order valence-corrected chi connectivity index (χ2v) is 9.99. The van der Waals surface area contributed by atoms with Crippen LogP contribution in [0, 0.1) is 0 Å². The van der Waals surface area contributed by atoms with Gasteiger partial charge in [-0.1, -0.05) is 87.1 Å². The fourth-order valence-electron chi connectivity index (χ4n) is 3.65. The quantitative estimate of drug-likeness (QED) is 0.562. The molecule has 4 nitrogen and oxygen atoms in total. The van der Waals surface area contributed by atoms with Gasteiger partial charge in [-0.3, -0.25) is 9.36 Å². The third kappa shape index (κ3) is 4.61. The lowest BCUT2D eigenvalue weighted by molar-refractivity contribution is -0.117. The van der Waals surface area contributed by atoms with Gasteiger partial charge >= 0.3 is 0 Å². The molecule has 0 unspecified atom stereocenters. The summed E-state index contributed by atoms with van der Waals surface area (Å²) in [5.41, 5.74) is 3.70. The number of hydrogen-bond donors (Lipinski definition) is 0. The second kappa shape index (κ2) is 8.15. The van der Waals surface area contributed by atoms with E-state index in [1.807, 2.05) is 6.07 Å². The van der Waals surface area contributed by atoms with Crippen molar-refractivity contribution in [2.24, 2.45) is 0 Å². The Balaban J connectivity index is 1.68. The molecule has 0 saturated heterocycles. The zero-order chi connectivity index (χ0) is 20.4. The summed E-state index contributed by atoms with van der Waals surface area (Å²) in [6.07, 6.45) is 2.25. The summed E-state index contributed by atoms with van der Waals surface area (Å²) in [6.45, 7) is 7.37. The molecule has 1 fully saturated rings. The van der Waals surface area contributed by atoms with Gasteiger partial charge in [-0.05, 0) is 23.0 Å². The number of ketones is 1. The summed E-state index contributed by atoms with van der Waals surface area (Å²) in [5, 5.41) is 10.3. The third-order valence-corrected chi connectivity index (χ3v) is 6.63. The lowest BCUT2D eigenvalue weighted by atomic mass is 9.87. The van der Waals surface area contributed by atoms with Crippen LogP contribution in [0.3, 0.4) is 0 Å². The third-order valence-electron chi connectivity index (χ3n) is 5.38. The highest BCUT2D eigenvalue weighted by atomic mass is 32.2. The maximum atomic E-state index is 11.7. The van der Waals surface area contributed by atoms with Crippen molar-refractivity contribution < 1.29 is 4.79 Å². The first-order valence-electron chi connectivity index (χ1n) is 10.2. The molecule has 29 heavy (non-hydrogen) atoms. The normalized spacial score (nSPS) is 17.1. The number of thioether (sulfide) groups is 1. The molecule has 1 atom stereocenters. The first-order valence-corrected chi connectivity index (χ1v) is 11.0. The highest BCUT2D eigenvalue weighted by Gasteiger charge is 2.26. The van der Waals surface area contributed by atoms with Crippen molar-refractivity contribution in [1.29, 1.82) is 0 Å². The molecule has 150 valence electrons. The van der Waals surface area contributed by atoms with Crippen LogP contribution in [0.25, 0.3) is 11.4 Å². The summed E-state index contributed by atoms with van der Waals surface area (Å²) >= 11 is 1.69. The lowest BCUT2D eigenvalue weighted by Crippen LogP contribution is -2.10. The van der Waals surface area contributed by atoms with Crippen molar-refractivity contribution in [2.75, 3.05) is 0 Å². The van der Waals surface area contributed by atoms with E-state index in [2.05, 4.69) is 84.1 Å². The summed E-state index contributed by atoms with van der Waals surface area (Å²) in [5.74, 6) is 1.23. The van der Waals surface area contributed by atoms with Crippen LogP contribution in [0.15, 0.2) is 59.8 Å². The molecule has 0 radical (unpaired) electrons. The number of benzene rings is 2. The van der Waals surface area contributed by atoms with Gasteiger partial charge in [0, 0.05) is 23.7 Å². The Morgan fingerprint density at radius 1 is 1.03 bits per heavy atom. The smallest absolute Gasteiger partial charge is 0.192 e. The van der Waals surface area contributed by atoms with Crippen molar-refractivity contribution in [1.82, 2.24) is 14.8 Å². The van der Waals surface area contributed by atoms with E-state index >= 15 is 0 Å². The Labute approximate surface area is 176 Å². The molecule has 1 aliphatic carbocycles. The zero-order valence-corrected chi connectivity index (χ0v) is 18.1. The minimum Gasteiger partial charge on any atom is -0.300 e. The fourth-order valence-corrected chi connectivity index (χ4v) is 4.82. The Morgan fingerprint density at radius 3 is 2.38 bits per heavy atom. The van der Waals surface area contributed by atoms with E-state index in [0.29, 0.717) is 30.4 Å². The molecule has 2 aromatic carbocycles. The largest absolute Gasteiger partial charge is 0.300 e. The average molecular weight is 406 g/mol. The van der Waals surface area contributed by atoms with E-state index in [9.17, 15) is 4.79 Å². The number of hydrogen-bond acceptors (Lipinski definition) is 4. The maximum absolute atomic E-state index is 11.7. The first kappa shape index (κ1) is 19.9. The molecule has 4 rings (SSSR count). The molecule has 0 bridgehead atoms. The van der Waals surface area contributed by atoms with E-state index in [0.717, 1.165) is 23.0 Å². The first-order chi connectivity index (χ1) is 13.9. The molecule has 1 aliphatic rings. The number of nitrogens with zero attached hydrogens (tertiary/aromatic N) is 3. The van der Waals surface area contributed by atoms with Gasteiger partial charge in [0.1, 0.15) is 5.78 Å². The topological polar surface area (TPSA) is 47.8 Å². The van der Waals surface area contributed by atoms with Crippen LogP contribution in [0.5, 0.6) is 0 Å². The number of rotatable bonds is 5. The molecular formula is C24H27N3OS. The van der Waals surface area contributed by atoms with E-state index in [1.165, 1.54) is 11.1 Å². The molecule has 5 heteroatoms. The molecule has 0 amide bonds. The number of Topliss-reactive ketones (excluding diaryl/α,β-unsaturated/α-hetero) is 1. The summed E-state index contributed by atoms with van der Waals surface area (Å²) in [4.78, 5) is 11.7. The second-order valence-electron chi connectivity index (χ2n) is 8.73. The number of carbonyl (C=O) groups excluding carboxylic acids is 1. The van der Waals surface area contributed by atoms with Crippen molar-refractivity contribution >= 4 is 17.5 Å². The maximum Gasteiger partial charge on any atom is 0.192 e. The van der Waals surface area contributed by atoms with Gasteiger partial charge in [-0.2, -0.15) is 0 Å². The van der Waals surface area contributed by atoms with Gasteiger partial charge in [0.25, 0.3) is 0 Å². The van der Waals surface area contributed by atoms with Crippen LogP contribution in [0.1, 0.15) is 51.2 Å². The Hall–Kier alpha value is -2.40. The molecule has 1 heterocycles. The number of aromatic nitrogens is 3. The summed E-state index contributed by atoms with van der Waals surface area (Å²) in [6, 6.07) is 19.0. The SMILES string of the molecule is CC(C)(C)c1ccc(-c2nnc(S[C@H]3CCC(=O)C3)n2Cc2ccccc2)cc1. The fraction of sp³-hybridized carbons (Fsp3) is 0.375. The zero-order valence-electron chi connectivity index (χ0n) is 17.3. The molecule has 0 aliphatic heterocycles. The molecule has 1 aromatic heterocycles. The van der Waals surface area contributed by atoms with Crippen LogP contribution in [0.4, 0.5) is 0 Å². The predicted molar refractivity (Wildman–Crippen MR) is 118 cm³/mol. The summed E-state index contributed by atoms with van der Waals surface area (Å²) in [7, 11) is 0. The van der Waals surface area contributed by atoms with Gasteiger partial charge in [0.15, 0.2) is 11.0 Å². The van der Waals surface area contributed by atoms with Gasteiger partial charge in [-0.15, -0.1) is 10.2 Å². The highest BCUT2D eigenvalue weighted by molar-refractivity contribution is 7.99. The molecule has 1 saturated carbocycles. The minimum absolute atomic E-state index is 0.117. The van der Waals surface area contributed by atoms with Crippen LogP contribution in [0.2, 0.25) is 0 Å². The van der Waals surface area contributed by atoms with E-state index in [1.54, 1.807) is 11.8 Å². The van der Waals surface area contributed by atoms with Crippen LogP contribution >= 0.6 is 11.8 Å². The average Bonchev–Trinajstić information content (AvgIpc) is 3.29. The van der Waals surface area contributed by atoms with Crippen LogP contribution in [-0.4, -0.2) is 25.8 Å². The number of carbonyl (C=O) groups is 1. The standard InChI is InChI=1S/C24H27N3OS/c1-24(2,3)19-11-9-18(10-12-19)22-25-26-23(29-21-14-13-20(28)15-21)27(22)16-17-7-5-4-6-8-17/h4-12,21H,13-16H2,1-3H3/t21-/m0/s1. The molecule has 3 aromatic rings. The minimum atomic E-state index is 0.117. The van der Waals surface area contributed by atoms with Crippen molar-refractivity contribution in [3.63, 3.8) is 0 Å². The van der Waals surface area contributed by atoms with Gasteiger partial charge in [-0.25, -0.2) is 0 Å². The van der Waals surface area contributed by atoms with E-state index < -0.39 is 0 Å². The van der Waals surface area contributed by atoms with Gasteiger partial charge < -0.3 is 0 Å². The lowest BCUT2D eigenvalue weighted by Gasteiger charge is -2.19. The predicted octanol–water partition coefficient (Wildman–Crippen LogP) is 5.50. The van der Waals surface area contributed by atoms with Crippen LogP contribution < -0.4 is 0 Å². The Bertz CT molecular complexity index is 987. The highest BCUT2D eigenvalue weighted by Crippen LogP contribution is 2.34. The summed E-state index contributed by atoms with van der Waals surface area (Å²) < 4.78 is 2.19. The molecule has 0 spiro atoms. The molecule has 0 N–H and O–H groups in total. The van der Waals surface area contributed by atoms with Crippen molar-refractivity contribution in [3.8, 4) is 11.4 Å². The van der Waals surface area contributed by atoms with E-state index in [4.69, 9.17) is 0 Å². The van der Waals surface area contributed by atoms with Gasteiger partial charge in [0.2, 0.25) is 0 Å². The van der Waals surface area contributed by atoms with Gasteiger partial charge in [0.05, 0.1) is 6.54 Å². The van der Waals surface area contributed by atoms with Crippen LogP contribution in [-0.2, 0) is 16.8 Å². The van der Waals surface area contributed by atoms with Crippen molar-refractivity contribution in [3.05, 3.63) is 65.7 Å². The van der Waals surface area contributed by atoms with E-state index in [-0.39, 0.29) is 5.41 Å². The molecular weight excluding hydrogens is 378 g/mol. The Kier molecular flexibility index (Phi) is 5.59. The Morgan fingerprint density at radius 2 is 1.76 bits per heavy atom.